The summed E-state index contributed by atoms with van der Waals surface area (Å²) < 4.78 is 74.6. The van der Waals surface area contributed by atoms with Crippen molar-refractivity contribution in [3.05, 3.63) is 28.5 Å². The van der Waals surface area contributed by atoms with E-state index in [-0.39, 0.29) is 52.3 Å². The lowest BCUT2D eigenvalue weighted by atomic mass is 10.0. The number of ether oxygens (including phenoxy) is 1. The van der Waals surface area contributed by atoms with Gasteiger partial charge in [0.2, 0.25) is 0 Å². The summed E-state index contributed by atoms with van der Waals surface area (Å²) in [7, 11) is 0. The average Bonchev–Trinajstić information content (AvgIpc) is 3.24. The van der Waals surface area contributed by atoms with Crippen LogP contribution in [0.3, 0.4) is 0 Å². The molecule has 3 saturated heterocycles. The molecule has 0 spiro atoms. The number of halogens is 5. The summed E-state index contributed by atoms with van der Waals surface area (Å²) >= 11 is 0.719. The summed E-state index contributed by atoms with van der Waals surface area (Å²) in [6.45, 7) is 0.108. The highest BCUT2D eigenvalue weighted by atomic mass is 32.1. The predicted molar refractivity (Wildman–Crippen MR) is 137 cm³/mol. The number of nitrogens with zero attached hydrogens (tertiary/aromatic N) is 3. The number of hydrogen-bond acceptors (Lipinski definition) is 8. The first kappa shape index (κ1) is 28.2. The minimum absolute atomic E-state index is 0.00823. The molecule has 9 nitrogen and oxygen atoms in total. The molecular formula is C26H28F5N5O4S. The van der Waals surface area contributed by atoms with Gasteiger partial charge in [-0.2, -0.15) is 13.2 Å². The molecule has 6 rings (SSSR count). The quantitative estimate of drug-likeness (QED) is 0.390. The van der Waals surface area contributed by atoms with E-state index in [9.17, 15) is 36.6 Å². The largest absolute Gasteiger partial charge is 0.408 e. The number of carbonyl (C=O) groups is 2. The predicted octanol–water partition coefficient (Wildman–Crippen LogP) is 4.15. The lowest BCUT2D eigenvalue weighted by Crippen LogP contribution is -2.42. The number of thiazole rings is 1. The van der Waals surface area contributed by atoms with Crippen LogP contribution in [0.1, 0.15) is 70.8 Å². The van der Waals surface area contributed by atoms with Crippen LogP contribution in [0.5, 0.6) is 0 Å². The van der Waals surface area contributed by atoms with E-state index >= 15 is 0 Å². The lowest BCUT2D eigenvalue weighted by Gasteiger charge is -2.23. The Balaban J connectivity index is 1.37. The van der Waals surface area contributed by atoms with Crippen molar-refractivity contribution in [2.75, 3.05) is 18.5 Å². The zero-order chi connectivity index (χ0) is 29.1. The van der Waals surface area contributed by atoms with Crippen molar-refractivity contribution in [1.82, 2.24) is 20.2 Å². The lowest BCUT2D eigenvalue weighted by molar-refractivity contribution is -0.146. The Morgan fingerprint density at radius 2 is 1.78 bits per heavy atom. The van der Waals surface area contributed by atoms with Crippen LogP contribution in [0.15, 0.2) is 12.3 Å². The SMILES string of the molecule is O=C(N[C@H]1COC[C@@H]1O)c1nc(C(=O)N2C3CCC2CC3)c(-c2cnc(N[C@@H](C3CC3)C(F)(F)F)cc2C(F)F)s1. The van der Waals surface area contributed by atoms with Crippen LogP contribution in [0, 0.1) is 5.92 Å². The highest BCUT2D eigenvalue weighted by Crippen LogP contribution is 2.44. The molecule has 41 heavy (non-hydrogen) atoms. The van der Waals surface area contributed by atoms with Crippen LogP contribution in [0.4, 0.5) is 27.8 Å². The molecule has 3 N–H and O–H groups in total. The van der Waals surface area contributed by atoms with E-state index in [1.165, 1.54) is 0 Å². The first-order valence-electron chi connectivity index (χ1n) is 13.5. The van der Waals surface area contributed by atoms with Gasteiger partial charge >= 0.3 is 6.18 Å². The fourth-order valence-corrected chi connectivity index (χ4v) is 6.99. The Morgan fingerprint density at radius 3 is 2.34 bits per heavy atom. The number of rotatable bonds is 8. The van der Waals surface area contributed by atoms with E-state index in [0.29, 0.717) is 12.8 Å². The van der Waals surface area contributed by atoms with Crippen molar-refractivity contribution in [2.24, 2.45) is 5.92 Å². The fraction of sp³-hybridized carbons (Fsp3) is 0.615. The second kappa shape index (κ2) is 10.7. The van der Waals surface area contributed by atoms with Crippen LogP contribution in [0.2, 0.25) is 0 Å². The van der Waals surface area contributed by atoms with Crippen molar-refractivity contribution in [3.8, 4) is 10.4 Å². The van der Waals surface area contributed by atoms with Gasteiger partial charge < -0.3 is 25.4 Å². The third kappa shape index (κ3) is 5.50. The molecule has 4 fully saturated rings. The maximum absolute atomic E-state index is 14.4. The first-order valence-corrected chi connectivity index (χ1v) is 14.3. The number of pyridine rings is 1. The number of nitrogens with one attached hydrogen (secondary N) is 2. The van der Waals surface area contributed by atoms with Crippen molar-refractivity contribution in [2.45, 2.75) is 81.4 Å². The van der Waals surface area contributed by atoms with Gasteiger partial charge in [0.1, 0.15) is 17.6 Å². The van der Waals surface area contributed by atoms with Gasteiger partial charge in [0.05, 0.1) is 30.2 Å². The van der Waals surface area contributed by atoms with Crippen molar-refractivity contribution >= 4 is 29.0 Å². The molecule has 3 atom stereocenters. The molecule has 5 heterocycles. The Kier molecular flexibility index (Phi) is 7.39. The molecule has 4 aliphatic rings. The topological polar surface area (TPSA) is 117 Å². The highest BCUT2D eigenvalue weighted by molar-refractivity contribution is 7.17. The molecule has 0 radical (unpaired) electrons. The summed E-state index contributed by atoms with van der Waals surface area (Å²) in [5.41, 5.74) is -0.998. The summed E-state index contributed by atoms with van der Waals surface area (Å²) in [6.07, 6.45) is -3.64. The van der Waals surface area contributed by atoms with Gasteiger partial charge in [-0.05, 0) is 50.5 Å². The molecule has 1 aliphatic carbocycles. The maximum Gasteiger partial charge on any atom is 0.408 e. The fourth-order valence-electron chi connectivity index (χ4n) is 6.00. The van der Waals surface area contributed by atoms with Crippen molar-refractivity contribution in [3.63, 3.8) is 0 Å². The van der Waals surface area contributed by atoms with E-state index in [2.05, 4.69) is 20.6 Å². The van der Waals surface area contributed by atoms with Crippen molar-refractivity contribution in [1.29, 1.82) is 0 Å². The van der Waals surface area contributed by atoms with Gasteiger partial charge in [0, 0.05) is 29.4 Å². The molecule has 2 aromatic rings. The number of carbonyl (C=O) groups excluding carboxylic acids is 2. The summed E-state index contributed by atoms with van der Waals surface area (Å²) in [5.74, 6) is -2.21. The number of amides is 2. The number of anilines is 1. The van der Waals surface area contributed by atoms with Crippen LogP contribution in [0.25, 0.3) is 10.4 Å². The van der Waals surface area contributed by atoms with Crippen LogP contribution >= 0.6 is 11.3 Å². The van der Waals surface area contributed by atoms with Crippen LogP contribution in [-0.2, 0) is 4.74 Å². The van der Waals surface area contributed by atoms with E-state index in [4.69, 9.17) is 4.74 Å². The molecule has 0 unspecified atom stereocenters. The highest BCUT2D eigenvalue weighted by Gasteiger charge is 2.49. The van der Waals surface area contributed by atoms with Gasteiger partial charge in [0.25, 0.3) is 18.2 Å². The molecular weight excluding hydrogens is 573 g/mol. The number of hydrogen-bond donors (Lipinski definition) is 3. The zero-order valence-electron chi connectivity index (χ0n) is 21.7. The van der Waals surface area contributed by atoms with E-state index in [1.807, 2.05) is 0 Å². The maximum atomic E-state index is 14.4. The standard InChI is InChI=1S/C26H28F5N5O4S/c27-22(28)14-7-18(34-21(11-1-2-11)26(29,30)31)32-8-15(14)20-19(25(39)36-12-3-4-13(36)6-5-12)35-24(41-20)23(38)33-16-9-40-10-17(16)37/h7-8,11-13,16-17,21-22,37H,1-6,9-10H2,(H,32,34)(H,33,38)/t12?,13?,16-,17-,21-/m0/s1. The second-order valence-electron chi connectivity index (χ2n) is 11.0. The van der Waals surface area contributed by atoms with Gasteiger partial charge in [-0.15, -0.1) is 11.3 Å². The Labute approximate surface area is 235 Å². The molecule has 2 bridgehead atoms. The van der Waals surface area contributed by atoms with Gasteiger partial charge in [-0.3, -0.25) is 9.59 Å². The molecule has 3 aliphatic heterocycles. The van der Waals surface area contributed by atoms with E-state index in [0.717, 1.165) is 49.3 Å². The summed E-state index contributed by atoms with van der Waals surface area (Å²) in [4.78, 5) is 36.8. The third-order valence-corrected chi connectivity index (χ3v) is 9.33. The summed E-state index contributed by atoms with van der Waals surface area (Å²) in [6, 6.07) is -1.78. The van der Waals surface area contributed by atoms with Gasteiger partial charge in [-0.1, -0.05) is 0 Å². The minimum Gasteiger partial charge on any atom is -0.388 e. The summed E-state index contributed by atoms with van der Waals surface area (Å²) in [5, 5.41) is 14.7. The van der Waals surface area contributed by atoms with Gasteiger partial charge in [-0.25, -0.2) is 18.7 Å². The van der Waals surface area contributed by atoms with E-state index < -0.39 is 54.1 Å². The Morgan fingerprint density at radius 1 is 1.10 bits per heavy atom. The molecule has 2 aromatic heterocycles. The number of aliphatic hydroxyl groups excluding tert-OH is 1. The number of aliphatic hydroxyl groups is 1. The normalized spacial score (nSPS) is 26.6. The number of aromatic nitrogens is 2. The third-order valence-electron chi connectivity index (χ3n) is 8.24. The van der Waals surface area contributed by atoms with Crippen molar-refractivity contribution < 1.29 is 41.4 Å². The van der Waals surface area contributed by atoms with Crippen LogP contribution in [-0.4, -0.2) is 81.5 Å². The molecule has 0 aromatic carbocycles. The Bertz CT molecular complexity index is 1320. The molecule has 1 saturated carbocycles. The smallest absolute Gasteiger partial charge is 0.388 e. The molecule has 222 valence electrons. The first-order chi connectivity index (χ1) is 19.5. The van der Waals surface area contributed by atoms with Crippen LogP contribution < -0.4 is 10.6 Å². The average molecular weight is 602 g/mol. The second-order valence-corrected chi connectivity index (χ2v) is 12.0. The zero-order valence-corrected chi connectivity index (χ0v) is 22.5. The molecule has 15 heteroatoms. The van der Waals surface area contributed by atoms with Gasteiger partial charge in [0.15, 0.2) is 5.01 Å². The molecule has 2 amide bonds. The van der Waals surface area contributed by atoms with E-state index in [1.54, 1.807) is 4.90 Å². The monoisotopic (exact) mass is 601 g/mol. The number of fused-ring (bicyclic) bond motifs is 2. The number of alkyl halides is 5. The Hall–Kier alpha value is -2.91. The minimum atomic E-state index is -4.58.